The summed E-state index contributed by atoms with van der Waals surface area (Å²) < 4.78 is 7.57. The highest BCUT2D eigenvalue weighted by Gasteiger charge is 2.27. The highest BCUT2D eigenvalue weighted by Crippen LogP contribution is 2.31. The maximum atomic E-state index is 10.7. The summed E-state index contributed by atoms with van der Waals surface area (Å²) in [5, 5.41) is 17.9. The van der Waals surface area contributed by atoms with Crippen molar-refractivity contribution in [3.05, 3.63) is 5.82 Å². The van der Waals surface area contributed by atoms with Crippen molar-refractivity contribution in [3.63, 3.8) is 0 Å². The van der Waals surface area contributed by atoms with Gasteiger partial charge in [-0.25, -0.2) is 0 Å². The number of aliphatic carboxylic acids is 1. The number of aryl methyl sites for hydroxylation is 1. The number of aromatic nitrogens is 3. The Morgan fingerprint density at radius 3 is 3.00 bits per heavy atom. The second-order valence-electron chi connectivity index (χ2n) is 5.07. The molecule has 1 fully saturated rings. The summed E-state index contributed by atoms with van der Waals surface area (Å²) in [4.78, 5) is 10.7. The van der Waals surface area contributed by atoms with E-state index >= 15 is 0 Å². The van der Waals surface area contributed by atoms with E-state index in [0.29, 0.717) is 11.1 Å². The molecule has 0 spiro atoms. The molecular weight excluding hydrogens is 278 g/mol. The normalized spacial score (nSPS) is 20.2. The van der Waals surface area contributed by atoms with Gasteiger partial charge >= 0.3 is 5.97 Å². The Bertz CT molecular complexity index is 458. The Kier molecular flexibility index (Phi) is 5.42. The predicted octanol–water partition coefficient (Wildman–Crippen LogP) is 2.00. The molecule has 20 heavy (non-hydrogen) atoms. The maximum absolute atomic E-state index is 10.7. The van der Waals surface area contributed by atoms with Crippen LogP contribution in [0.2, 0.25) is 0 Å². The second kappa shape index (κ2) is 7.08. The van der Waals surface area contributed by atoms with E-state index in [1.54, 1.807) is 0 Å². The molecule has 0 bridgehead atoms. The molecule has 1 aliphatic heterocycles. The fraction of sp³-hybridized carbons (Fsp3) is 0.769. The number of carboxylic acids is 1. The quantitative estimate of drug-likeness (QED) is 0.776. The van der Waals surface area contributed by atoms with Crippen LogP contribution in [-0.4, -0.2) is 44.8 Å². The molecule has 0 radical (unpaired) electrons. The number of hydrogen-bond acceptors (Lipinski definition) is 5. The SMILES string of the molecule is CCCc1nnc(SCC(=O)O)n1C(C)C1CCOC1. The van der Waals surface area contributed by atoms with E-state index in [1.807, 2.05) is 0 Å². The molecule has 2 unspecified atom stereocenters. The van der Waals surface area contributed by atoms with Crippen molar-refractivity contribution < 1.29 is 14.6 Å². The van der Waals surface area contributed by atoms with E-state index in [2.05, 4.69) is 28.6 Å². The van der Waals surface area contributed by atoms with Gasteiger partial charge in [-0.2, -0.15) is 0 Å². The van der Waals surface area contributed by atoms with Crippen LogP contribution in [0.25, 0.3) is 0 Å². The third kappa shape index (κ3) is 3.52. The first kappa shape index (κ1) is 15.3. The van der Waals surface area contributed by atoms with E-state index in [1.165, 1.54) is 11.8 Å². The lowest BCUT2D eigenvalue weighted by Gasteiger charge is -2.22. The minimum Gasteiger partial charge on any atom is -0.481 e. The van der Waals surface area contributed by atoms with Crippen molar-refractivity contribution >= 4 is 17.7 Å². The molecule has 1 aliphatic rings. The standard InChI is InChI=1S/C13H21N3O3S/c1-3-4-11-14-15-13(20-8-12(17)18)16(11)9(2)10-5-6-19-7-10/h9-10H,3-8H2,1-2H3,(H,17,18). The minimum atomic E-state index is -0.835. The molecule has 0 aromatic carbocycles. The molecule has 2 heterocycles. The Morgan fingerprint density at radius 2 is 2.40 bits per heavy atom. The van der Waals surface area contributed by atoms with Crippen LogP contribution in [0.1, 0.15) is 38.6 Å². The molecule has 0 amide bonds. The van der Waals surface area contributed by atoms with Crippen molar-refractivity contribution in [1.82, 2.24) is 14.8 Å². The van der Waals surface area contributed by atoms with Crippen molar-refractivity contribution in [2.45, 2.75) is 44.3 Å². The largest absolute Gasteiger partial charge is 0.481 e. The van der Waals surface area contributed by atoms with Crippen LogP contribution in [0.15, 0.2) is 5.16 Å². The van der Waals surface area contributed by atoms with E-state index in [9.17, 15) is 4.79 Å². The van der Waals surface area contributed by atoms with Crippen LogP contribution < -0.4 is 0 Å². The molecule has 112 valence electrons. The lowest BCUT2D eigenvalue weighted by molar-refractivity contribution is -0.133. The van der Waals surface area contributed by atoms with E-state index in [4.69, 9.17) is 9.84 Å². The van der Waals surface area contributed by atoms with Crippen LogP contribution in [0.4, 0.5) is 0 Å². The Morgan fingerprint density at radius 1 is 1.60 bits per heavy atom. The zero-order valence-corrected chi connectivity index (χ0v) is 12.7. The molecular formula is C13H21N3O3S. The lowest BCUT2D eigenvalue weighted by Crippen LogP contribution is -2.20. The number of thioether (sulfide) groups is 1. The second-order valence-corrected chi connectivity index (χ2v) is 6.01. The molecule has 1 N–H and O–H groups in total. The van der Waals surface area contributed by atoms with Crippen LogP contribution in [0.3, 0.4) is 0 Å². The molecule has 2 rings (SSSR count). The van der Waals surface area contributed by atoms with Gasteiger partial charge in [-0.3, -0.25) is 4.79 Å². The van der Waals surface area contributed by atoms with Gasteiger partial charge in [0.05, 0.1) is 12.4 Å². The van der Waals surface area contributed by atoms with E-state index < -0.39 is 5.97 Å². The topological polar surface area (TPSA) is 77.2 Å². The number of hydrogen-bond donors (Lipinski definition) is 1. The monoisotopic (exact) mass is 299 g/mol. The first-order valence-electron chi connectivity index (χ1n) is 6.99. The summed E-state index contributed by atoms with van der Waals surface area (Å²) in [6, 6.07) is 0.241. The van der Waals surface area contributed by atoms with Gasteiger partial charge in [0.2, 0.25) is 0 Å². The van der Waals surface area contributed by atoms with E-state index in [-0.39, 0.29) is 11.8 Å². The van der Waals surface area contributed by atoms with E-state index in [0.717, 1.165) is 38.3 Å². The zero-order valence-electron chi connectivity index (χ0n) is 11.9. The molecule has 2 atom stereocenters. The van der Waals surface area contributed by atoms with Crippen molar-refractivity contribution in [1.29, 1.82) is 0 Å². The van der Waals surface area contributed by atoms with Crippen LogP contribution in [0, 0.1) is 5.92 Å². The van der Waals surface area contributed by atoms with Crippen molar-refractivity contribution in [2.75, 3.05) is 19.0 Å². The summed E-state index contributed by atoms with van der Waals surface area (Å²) >= 11 is 1.24. The fourth-order valence-electron chi connectivity index (χ4n) is 2.48. The zero-order chi connectivity index (χ0) is 14.5. The van der Waals surface area contributed by atoms with Crippen LogP contribution in [0.5, 0.6) is 0 Å². The van der Waals surface area contributed by atoms with Gasteiger partial charge in [-0.15, -0.1) is 10.2 Å². The van der Waals surface area contributed by atoms with Crippen molar-refractivity contribution in [3.8, 4) is 0 Å². The first-order chi connectivity index (χ1) is 9.63. The Hall–Kier alpha value is -1.08. The van der Waals surface area contributed by atoms with Crippen LogP contribution in [-0.2, 0) is 16.0 Å². The number of ether oxygens (including phenoxy) is 1. The van der Waals surface area contributed by atoms with Gasteiger partial charge in [-0.05, 0) is 19.8 Å². The summed E-state index contributed by atoms with van der Waals surface area (Å²) in [5.41, 5.74) is 0. The van der Waals surface area contributed by atoms with Gasteiger partial charge in [0.1, 0.15) is 5.82 Å². The predicted molar refractivity (Wildman–Crippen MR) is 76.0 cm³/mol. The first-order valence-corrected chi connectivity index (χ1v) is 7.98. The number of carboxylic acid groups (broad SMARTS) is 1. The van der Waals surface area contributed by atoms with Gasteiger partial charge in [0.25, 0.3) is 0 Å². The highest BCUT2D eigenvalue weighted by molar-refractivity contribution is 7.99. The van der Waals surface area contributed by atoms with Gasteiger partial charge in [0.15, 0.2) is 5.16 Å². The van der Waals surface area contributed by atoms with Crippen molar-refractivity contribution in [2.24, 2.45) is 5.92 Å². The molecule has 1 aromatic heterocycles. The van der Waals surface area contributed by atoms with Gasteiger partial charge < -0.3 is 14.4 Å². The molecule has 1 saturated heterocycles. The Balaban J connectivity index is 2.20. The summed E-state index contributed by atoms with van der Waals surface area (Å²) in [7, 11) is 0. The third-order valence-electron chi connectivity index (χ3n) is 3.59. The summed E-state index contributed by atoms with van der Waals surface area (Å²) in [5.74, 6) is 0.571. The maximum Gasteiger partial charge on any atom is 0.313 e. The molecule has 0 aliphatic carbocycles. The minimum absolute atomic E-state index is 0.0120. The third-order valence-corrected chi connectivity index (χ3v) is 4.52. The molecule has 1 aromatic rings. The Labute approximate surface area is 122 Å². The molecule has 7 heteroatoms. The number of carbonyl (C=O) groups is 1. The van der Waals surface area contributed by atoms with Crippen LogP contribution >= 0.6 is 11.8 Å². The molecule has 0 saturated carbocycles. The van der Waals surface area contributed by atoms with Gasteiger partial charge in [0, 0.05) is 25.0 Å². The lowest BCUT2D eigenvalue weighted by atomic mass is 10.0. The number of rotatable bonds is 7. The fourth-order valence-corrected chi connectivity index (χ4v) is 3.24. The summed E-state index contributed by atoms with van der Waals surface area (Å²) in [6.07, 6.45) is 2.89. The summed E-state index contributed by atoms with van der Waals surface area (Å²) in [6.45, 7) is 5.81. The average Bonchev–Trinajstić information content (AvgIpc) is 3.05. The number of nitrogens with zero attached hydrogens (tertiary/aromatic N) is 3. The highest BCUT2D eigenvalue weighted by atomic mass is 32.2. The van der Waals surface area contributed by atoms with Gasteiger partial charge in [-0.1, -0.05) is 18.7 Å². The average molecular weight is 299 g/mol. The smallest absolute Gasteiger partial charge is 0.313 e. The molecule has 6 nitrogen and oxygen atoms in total.